The van der Waals surface area contributed by atoms with Crippen LogP contribution in [-0.2, 0) is 14.6 Å². The van der Waals surface area contributed by atoms with Gasteiger partial charge in [-0.3, -0.25) is 4.79 Å². The van der Waals surface area contributed by atoms with Crippen molar-refractivity contribution in [3.8, 4) is 0 Å². The van der Waals surface area contributed by atoms with Crippen molar-refractivity contribution in [2.75, 3.05) is 23.3 Å². The average molecular weight is 320 g/mol. The number of primary amides is 1. The van der Waals surface area contributed by atoms with Crippen molar-refractivity contribution in [2.24, 2.45) is 5.73 Å². The number of nitrogens with zero attached hydrogens (tertiary/aromatic N) is 1. The Kier molecular flexibility index (Phi) is 6.21. The number of unbranched alkanes of at least 4 members (excludes halogenated alkanes) is 1. The Morgan fingerprint density at radius 1 is 1.40 bits per heavy atom. The molecular weight excluding hydrogens is 300 g/mol. The predicted octanol–water partition coefficient (Wildman–Crippen LogP) is 0.976. The normalized spacial score (nSPS) is 11.4. The van der Waals surface area contributed by atoms with E-state index in [1.807, 2.05) is 0 Å². The zero-order chi connectivity index (χ0) is 15.2. The van der Waals surface area contributed by atoms with Crippen LogP contribution >= 0.6 is 11.5 Å². The predicted molar refractivity (Wildman–Crippen MR) is 80.4 cm³/mol. The van der Waals surface area contributed by atoms with Crippen LogP contribution in [0.25, 0.3) is 0 Å². The largest absolute Gasteiger partial charge is 0.382 e. The van der Waals surface area contributed by atoms with Gasteiger partial charge in [-0.1, -0.05) is 6.92 Å². The number of sulfone groups is 1. The highest BCUT2D eigenvalue weighted by Crippen LogP contribution is 2.32. The molecule has 7 nitrogen and oxygen atoms in total. The summed E-state index contributed by atoms with van der Waals surface area (Å²) in [7, 11) is -3.40. The quantitative estimate of drug-likeness (QED) is 0.582. The molecule has 0 radical (unpaired) electrons. The van der Waals surface area contributed by atoms with Crippen LogP contribution in [0.5, 0.6) is 0 Å². The maximum absolute atomic E-state index is 12.1. The molecule has 0 bridgehead atoms. The Balaban J connectivity index is 2.66. The van der Waals surface area contributed by atoms with Crippen molar-refractivity contribution in [3.63, 3.8) is 0 Å². The van der Waals surface area contributed by atoms with Crippen LogP contribution in [0.1, 0.15) is 32.6 Å². The fraction of sp³-hybridized carbons (Fsp3) is 0.636. The third kappa shape index (κ3) is 4.64. The van der Waals surface area contributed by atoms with E-state index in [1.165, 1.54) is 0 Å². The van der Waals surface area contributed by atoms with E-state index < -0.39 is 9.84 Å². The summed E-state index contributed by atoms with van der Waals surface area (Å²) in [6.07, 6.45) is 2.23. The Labute approximate surface area is 122 Å². The first-order valence-corrected chi connectivity index (χ1v) is 8.81. The number of rotatable bonds is 9. The summed E-state index contributed by atoms with van der Waals surface area (Å²) in [5, 5.41) is 3.48. The minimum absolute atomic E-state index is 0.0445. The van der Waals surface area contributed by atoms with Crippen LogP contribution in [-0.4, -0.2) is 31.0 Å². The van der Waals surface area contributed by atoms with Crippen LogP contribution in [0, 0.1) is 0 Å². The first-order valence-electron chi connectivity index (χ1n) is 6.38. The van der Waals surface area contributed by atoms with Gasteiger partial charge in [0.2, 0.25) is 5.91 Å². The zero-order valence-electron chi connectivity index (χ0n) is 11.4. The summed E-state index contributed by atoms with van der Waals surface area (Å²) in [6, 6.07) is 0. The molecule has 9 heteroatoms. The minimum Gasteiger partial charge on any atom is -0.382 e. The number of hydrogen-bond donors (Lipinski definition) is 3. The number of nitrogens with two attached hydrogens (primary N) is 2. The van der Waals surface area contributed by atoms with E-state index in [2.05, 4.69) is 9.69 Å². The summed E-state index contributed by atoms with van der Waals surface area (Å²) in [5.74, 6) is -0.243. The molecule has 1 amide bonds. The first-order chi connectivity index (χ1) is 9.38. The molecule has 0 aromatic carbocycles. The lowest BCUT2D eigenvalue weighted by atomic mass is 10.2. The van der Waals surface area contributed by atoms with Crippen molar-refractivity contribution in [2.45, 2.75) is 37.5 Å². The van der Waals surface area contributed by atoms with E-state index in [4.69, 9.17) is 11.5 Å². The maximum atomic E-state index is 12.1. The Hall–Kier alpha value is -1.35. The van der Waals surface area contributed by atoms with Crippen LogP contribution in [0.2, 0.25) is 0 Å². The van der Waals surface area contributed by atoms with E-state index >= 15 is 0 Å². The molecular formula is C11H20N4O3S2. The Morgan fingerprint density at radius 3 is 2.70 bits per heavy atom. The highest BCUT2D eigenvalue weighted by atomic mass is 32.2. The maximum Gasteiger partial charge on any atom is 0.217 e. The summed E-state index contributed by atoms with van der Waals surface area (Å²) < 4.78 is 28.1. The molecule has 0 aliphatic rings. The average Bonchev–Trinajstić information content (AvgIpc) is 2.70. The Morgan fingerprint density at radius 2 is 2.10 bits per heavy atom. The number of carbonyl (C=O) groups is 1. The fourth-order valence-electron chi connectivity index (χ4n) is 1.70. The van der Waals surface area contributed by atoms with Crippen molar-refractivity contribution in [1.29, 1.82) is 0 Å². The molecule has 0 spiro atoms. The van der Waals surface area contributed by atoms with Gasteiger partial charge in [0.25, 0.3) is 0 Å². The number of nitrogens with one attached hydrogen (secondary N) is 1. The molecule has 1 aromatic rings. The molecule has 1 rings (SSSR count). The second-order valence-electron chi connectivity index (χ2n) is 4.40. The molecule has 0 aliphatic heterocycles. The topological polar surface area (TPSA) is 128 Å². The summed E-state index contributed by atoms with van der Waals surface area (Å²) >= 11 is 1.04. The second-order valence-corrected chi connectivity index (χ2v) is 7.21. The van der Waals surface area contributed by atoms with Crippen molar-refractivity contribution < 1.29 is 13.2 Å². The lowest BCUT2D eigenvalue weighted by Crippen LogP contribution is -2.12. The SMILES string of the molecule is CCCS(=O)(=O)c1c(N)nsc1NCCCCC(N)=O. The second kappa shape index (κ2) is 7.44. The highest BCUT2D eigenvalue weighted by Gasteiger charge is 2.24. The van der Waals surface area contributed by atoms with Crippen molar-refractivity contribution in [1.82, 2.24) is 4.37 Å². The van der Waals surface area contributed by atoms with Crippen LogP contribution < -0.4 is 16.8 Å². The lowest BCUT2D eigenvalue weighted by molar-refractivity contribution is -0.118. The van der Waals surface area contributed by atoms with Gasteiger partial charge in [0.05, 0.1) is 5.75 Å². The van der Waals surface area contributed by atoms with Crippen molar-refractivity contribution in [3.05, 3.63) is 0 Å². The van der Waals surface area contributed by atoms with Gasteiger partial charge >= 0.3 is 0 Å². The van der Waals surface area contributed by atoms with Gasteiger partial charge in [0.1, 0.15) is 9.90 Å². The monoisotopic (exact) mass is 320 g/mol. The number of nitrogen functional groups attached to an aromatic ring is 1. The summed E-state index contributed by atoms with van der Waals surface area (Å²) in [6.45, 7) is 2.34. The van der Waals surface area contributed by atoms with E-state index in [0.717, 1.165) is 11.5 Å². The Bertz CT molecular complexity index is 554. The summed E-state index contributed by atoms with van der Waals surface area (Å²) in [4.78, 5) is 10.7. The molecule has 0 aliphatic carbocycles. The molecule has 114 valence electrons. The third-order valence-corrected chi connectivity index (χ3v) is 5.52. The standard InChI is InChI=1S/C11H20N4O3S2/c1-2-7-20(17,18)9-10(13)15-19-11(9)14-6-4-3-5-8(12)16/h14H,2-7H2,1H3,(H2,12,16)(H2,13,15). The number of anilines is 2. The van der Waals surface area contributed by atoms with Gasteiger partial charge in [0.15, 0.2) is 15.7 Å². The summed E-state index contributed by atoms with van der Waals surface area (Å²) in [5.41, 5.74) is 10.7. The number of carbonyl (C=O) groups excluding carboxylic acids is 1. The molecule has 1 heterocycles. The van der Waals surface area contributed by atoms with Gasteiger partial charge in [0, 0.05) is 13.0 Å². The molecule has 5 N–H and O–H groups in total. The molecule has 0 unspecified atom stereocenters. The number of amides is 1. The molecule has 0 saturated carbocycles. The number of aromatic nitrogens is 1. The first kappa shape index (κ1) is 16.7. The minimum atomic E-state index is -3.40. The van der Waals surface area contributed by atoms with Gasteiger partial charge < -0.3 is 16.8 Å². The van der Waals surface area contributed by atoms with Gasteiger partial charge in [-0.2, -0.15) is 4.37 Å². The smallest absolute Gasteiger partial charge is 0.217 e. The zero-order valence-corrected chi connectivity index (χ0v) is 13.0. The van der Waals surface area contributed by atoms with Crippen LogP contribution in [0.3, 0.4) is 0 Å². The van der Waals surface area contributed by atoms with E-state index in [9.17, 15) is 13.2 Å². The van der Waals surface area contributed by atoms with E-state index in [-0.39, 0.29) is 22.4 Å². The van der Waals surface area contributed by atoms with Gasteiger partial charge in [-0.05, 0) is 30.8 Å². The van der Waals surface area contributed by atoms with Crippen LogP contribution in [0.4, 0.5) is 10.8 Å². The van der Waals surface area contributed by atoms with Gasteiger partial charge in [-0.25, -0.2) is 8.42 Å². The number of hydrogen-bond acceptors (Lipinski definition) is 7. The fourth-order valence-corrected chi connectivity index (χ4v) is 4.35. The molecule has 20 heavy (non-hydrogen) atoms. The molecule has 1 aromatic heterocycles. The third-order valence-electron chi connectivity index (χ3n) is 2.59. The lowest BCUT2D eigenvalue weighted by Gasteiger charge is -2.07. The van der Waals surface area contributed by atoms with Crippen LogP contribution in [0.15, 0.2) is 4.90 Å². The van der Waals surface area contributed by atoms with E-state index in [1.54, 1.807) is 6.92 Å². The molecule has 0 atom stereocenters. The van der Waals surface area contributed by atoms with Crippen molar-refractivity contribution >= 4 is 38.1 Å². The van der Waals surface area contributed by atoms with Gasteiger partial charge in [-0.15, -0.1) is 0 Å². The highest BCUT2D eigenvalue weighted by molar-refractivity contribution is 7.91. The molecule has 0 fully saturated rings. The van der Waals surface area contributed by atoms with E-state index in [0.29, 0.717) is 37.2 Å². The molecule has 0 saturated heterocycles.